The Morgan fingerprint density at radius 3 is 2.90 bits per heavy atom. The minimum atomic E-state index is -0.320. The first kappa shape index (κ1) is 21.5. The molecule has 6 nitrogen and oxygen atoms in total. The average molecular weight is 435 g/mol. The second kappa shape index (κ2) is 10.00. The molecule has 0 amide bonds. The Morgan fingerprint density at radius 2 is 2.14 bits per heavy atom. The topological polar surface area (TPSA) is 69.0 Å². The van der Waals surface area contributed by atoms with E-state index in [2.05, 4.69) is 20.1 Å². The summed E-state index contributed by atoms with van der Waals surface area (Å²) in [6.07, 6.45) is 0.904. The second-order valence-corrected chi connectivity index (χ2v) is 8.70. The van der Waals surface area contributed by atoms with Gasteiger partial charge >= 0.3 is 0 Å². The van der Waals surface area contributed by atoms with Gasteiger partial charge in [-0.15, -0.1) is 10.2 Å². The van der Waals surface area contributed by atoms with Crippen molar-refractivity contribution in [2.24, 2.45) is 0 Å². The molecule has 154 valence electrons. The first-order valence-corrected chi connectivity index (χ1v) is 11.0. The number of nitrogens with one attached hydrogen (secondary N) is 1. The molecule has 0 aliphatic heterocycles. The molecule has 0 radical (unpaired) electrons. The van der Waals surface area contributed by atoms with Gasteiger partial charge in [-0.2, -0.15) is 0 Å². The Morgan fingerprint density at radius 1 is 1.31 bits per heavy atom. The number of carbonyl (C=O) groups is 1. The van der Waals surface area contributed by atoms with Crippen molar-refractivity contribution in [1.82, 2.24) is 14.8 Å². The van der Waals surface area contributed by atoms with Gasteiger partial charge in [0, 0.05) is 42.9 Å². The predicted molar refractivity (Wildman–Crippen MR) is 115 cm³/mol. The number of halogens is 1. The summed E-state index contributed by atoms with van der Waals surface area (Å²) in [4.78, 5) is 12.7. The lowest BCUT2D eigenvalue weighted by Crippen LogP contribution is -2.08. The highest BCUT2D eigenvalue weighted by Crippen LogP contribution is 2.29. The zero-order chi connectivity index (χ0) is 20.8. The van der Waals surface area contributed by atoms with Gasteiger partial charge in [0.2, 0.25) is 5.13 Å². The summed E-state index contributed by atoms with van der Waals surface area (Å²) in [5, 5.41) is 11.7. The van der Waals surface area contributed by atoms with Crippen LogP contribution in [0.5, 0.6) is 0 Å². The van der Waals surface area contributed by atoms with Crippen LogP contribution < -0.4 is 5.32 Å². The van der Waals surface area contributed by atoms with Gasteiger partial charge in [0.1, 0.15) is 5.82 Å². The Balaban J connectivity index is 1.58. The number of benzene rings is 1. The van der Waals surface area contributed by atoms with Crippen molar-refractivity contribution in [3.05, 3.63) is 53.1 Å². The fraction of sp³-hybridized carbons (Fsp3) is 0.350. The quantitative estimate of drug-likeness (QED) is 0.279. The maximum Gasteiger partial charge on any atom is 0.210 e. The third-order valence-corrected chi connectivity index (χ3v) is 6.39. The van der Waals surface area contributed by atoms with Crippen LogP contribution in [0.1, 0.15) is 28.2 Å². The highest BCUT2D eigenvalue weighted by Gasteiger charge is 2.17. The normalized spacial score (nSPS) is 11.0. The second-order valence-electron chi connectivity index (χ2n) is 6.50. The van der Waals surface area contributed by atoms with E-state index in [0.29, 0.717) is 21.8 Å². The van der Waals surface area contributed by atoms with Crippen LogP contribution in [0, 0.1) is 19.7 Å². The molecule has 0 bridgehead atoms. The van der Waals surface area contributed by atoms with Gasteiger partial charge in [0.05, 0.1) is 5.75 Å². The van der Waals surface area contributed by atoms with Gasteiger partial charge in [-0.1, -0.05) is 29.2 Å². The number of methoxy groups -OCH3 is 1. The van der Waals surface area contributed by atoms with Crippen LogP contribution in [-0.4, -0.2) is 40.0 Å². The van der Waals surface area contributed by atoms with Crippen molar-refractivity contribution in [2.45, 2.75) is 31.2 Å². The molecule has 2 heterocycles. The number of aryl methyl sites for hydroxylation is 1. The van der Waals surface area contributed by atoms with Gasteiger partial charge in [-0.3, -0.25) is 4.79 Å². The van der Waals surface area contributed by atoms with Crippen LogP contribution in [0.15, 0.2) is 34.7 Å². The molecule has 3 aromatic rings. The van der Waals surface area contributed by atoms with E-state index in [1.807, 2.05) is 19.9 Å². The summed E-state index contributed by atoms with van der Waals surface area (Å²) in [7, 11) is 1.69. The lowest BCUT2D eigenvalue weighted by atomic mass is 10.2. The zero-order valence-electron chi connectivity index (χ0n) is 16.6. The van der Waals surface area contributed by atoms with Gasteiger partial charge < -0.3 is 14.6 Å². The number of ketones is 1. The first-order valence-electron chi connectivity index (χ1n) is 9.15. The molecule has 29 heavy (non-hydrogen) atoms. The van der Waals surface area contributed by atoms with Crippen molar-refractivity contribution < 1.29 is 13.9 Å². The van der Waals surface area contributed by atoms with Gasteiger partial charge in [0.15, 0.2) is 10.1 Å². The third-order valence-electron chi connectivity index (χ3n) is 4.41. The van der Waals surface area contributed by atoms with Gasteiger partial charge in [-0.05, 0) is 44.5 Å². The maximum absolute atomic E-state index is 13.3. The van der Waals surface area contributed by atoms with E-state index in [4.69, 9.17) is 4.74 Å². The lowest BCUT2D eigenvalue weighted by molar-refractivity contribution is 0.102. The fourth-order valence-electron chi connectivity index (χ4n) is 3.01. The SMILES string of the molecule is COCCCn1c(C)cc(C(=O)CSc2nnc(Nc3cccc(F)c3)s2)c1C. The van der Waals surface area contributed by atoms with E-state index < -0.39 is 0 Å². The number of hydrogen-bond donors (Lipinski definition) is 1. The number of ether oxygens (including phenoxy) is 1. The number of rotatable bonds is 10. The van der Waals surface area contributed by atoms with Crippen LogP contribution in [0.4, 0.5) is 15.2 Å². The average Bonchev–Trinajstić information content (AvgIpc) is 3.25. The molecule has 0 fully saturated rings. The zero-order valence-corrected chi connectivity index (χ0v) is 18.2. The van der Waals surface area contributed by atoms with E-state index >= 15 is 0 Å². The van der Waals surface area contributed by atoms with Crippen molar-refractivity contribution in [3.8, 4) is 0 Å². The Hall–Kier alpha value is -2.23. The van der Waals surface area contributed by atoms with E-state index in [9.17, 15) is 9.18 Å². The van der Waals surface area contributed by atoms with E-state index in [0.717, 1.165) is 29.9 Å². The highest BCUT2D eigenvalue weighted by atomic mass is 32.2. The maximum atomic E-state index is 13.3. The Labute approximate surface area is 177 Å². The van der Waals surface area contributed by atoms with Crippen molar-refractivity contribution >= 4 is 39.7 Å². The van der Waals surface area contributed by atoms with Crippen molar-refractivity contribution in [3.63, 3.8) is 0 Å². The number of Topliss-reactive ketones (excluding diaryl/α,β-unsaturated/α-hetero) is 1. The standard InChI is InChI=1S/C20H23FN4O2S2/c1-13-10-17(14(2)25(13)8-5-9-27-3)18(26)12-28-20-24-23-19(29-20)22-16-7-4-6-15(21)11-16/h4,6-7,10-11H,5,8-9,12H2,1-3H3,(H,22,23). The molecule has 9 heteroatoms. The molecular formula is C20H23FN4O2S2. The van der Waals surface area contributed by atoms with Gasteiger partial charge in [-0.25, -0.2) is 4.39 Å². The Kier molecular flexibility index (Phi) is 7.40. The molecule has 0 saturated heterocycles. The minimum absolute atomic E-state index is 0.0657. The number of aromatic nitrogens is 3. The lowest BCUT2D eigenvalue weighted by Gasteiger charge is -2.09. The summed E-state index contributed by atoms with van der Waals surface area (Å²) in [5.74, 6) is 0.0345. The number of anilines is 2. The van der Waals surface area contributed by atoms with E-state index in [1.165, 1.54) is 35.2 Å². The molecule has 0 saturated carbocycles. The van der Waals surface area contributed by atoms with Crippen LogP contribution in [-0.2, 0) is 11.3 Å². The smallest absolute Gasteiger partial charge is 0.210 e. The monoisotopic (exact) mass is 434 g/mol. The molecule has 3 rings (SSSR count). The largest absolute Gasteiger partial charge is 0.385 e. The summed E-state index contributed by atoms with van der Waals surface area (Å²) in [5.41, 5.74) is 3.41. The summed E-state index contributed by atoms with van der Waals surface area (Å²) < 4.78 is 21.2. The molecule has 0 aliphatic carbocycles. The summed E-state index contributed by atoms with van der Waals surface area (Å²) in [6, 6.07) is 8.09. The van der Waals surface area contributed by atoms with Crippen LogP contribution >= 0.6 is 23.1 Å². The van der Waals surface area contributed by atoms with Crippen LogP contribution in [0.3, 0.4) is 0 Å². The molecule has 0 atom stereocenters. The number of hydrogen-bond acceptors (Lipinski definition) is 7. The number of nitrogens with zero attached hydrogens (tertiary/aromatic N) is 3. The van der Waals surface area contributed by atoms with Gasteiger partial charge in [0.25, 0.3) is 0 Å². The minimum Gasteiger partial charge on any atom is -0.385 e. The first-order chi connectivity index (χ1) is 14.0. The van der Waals surface area contributed by atoms with Crippen molar-refractivity contribution in [1.29, 1.82) is 0 Å². The third kappa shape index (κ3) is 5.65. The van der Waals surface area contributed by atoms with E-state index in [1.54, 1.807) is 19.2 Å². The molecule has 0 aliphatic rings. The molecule has 1 aromatic carbocycles. The molecule has 0 unspecified atom stereocenters. The van der Waals surface area contributed by atoms with Crippen molar-refractivity contribution in [2.75, 3.05) is 24.8 Å². The molecular weight excluding hydrogens is 411 g/mol. The number of carbonyl (C=O) groups excluding carboxylic acids is 1. The van der Waals surface area contributed by atoms with E-state index in [-0.39, 0.29) is 17.4 Å². The van der Waals surface area contributed by atoms with Crippen LogP contribution in [0.25, 0.3) is 0 Å². The molecule has 0 spiro atoms. The fourth-order valence-corrected chi connectivity index (χ4v) is 4.66. The number of thioether (sulfide) groups is 1. The van der Waals surface area contributed by atoms with Crippen LogP contribution in [0.2, 0.25) is 0 Å². The highest BCUT2D eigenvalue weighted by molar-refractivity contribution is 8.01. The molecule has 2 aromatic heterocycles. The Bertz CT molecular complexity index is 987. The summed E-state index contributed by atoms with van der Waals surface area (Å²) >= 11 is 2.69. The predicted octanol–water partition coefficient (Wildman–Crippen LogP) is 4.85. The molecule has 1 N–H and O–H groups in total. The summed E-state index contributed by atoms with van der Waals surface area (Å²) in [6.45, 7) is 5.51.